The molecule has 0 spiro atoms. The molecule has 0 aliphatic carbocycles. The van der Waals surface area contributed by atoms with E-state index in [4.69, 9.17) is 0 Å². The van der Waals surface area contributed by atoms with Gasteiger partial charge in [-0.1, -0.05) is 85.2 Å². The Morgan fingerprint density at radius 2 is 1.62 bits per heavy atom. The minimum Gasteiger partial charge on any atom is -0.507 e. The van der Waals surface area contributed by atoms with Gasteiger partial charge in [0.05, 0.1) is 22.7 Å². The van der Waals surface area contributed by atoms with E-state index in [0.717, 1.165) is 36.3 Å². The molecule has 1 fully saturated rings. The Hall–Kier alpha value is -2.14. The van der Waals surface area contributed by atoms with Crippen molar-refractivity contribution in [1.29, 1.82) is 0 Å². The molecule has 0 radical (unpaired) electrons. The Kier molecular flexibility index (Phi) is 7.96. The number of halogens is 1. The normalized spacial score (nSPS) is 20.2. The van der Waals surface area contributed by atoms with Crippen LogP contribution in [0.4, 0.5) is 0 Å². The molecule has 5 heteroatoms. The Morgan fingerprint density at radius 3 is 2.09 bits per heavy atom. The Balaban J connectivity index is 1.97. The van der Waals surface area contributed by atoms with Crippen LogP contribution in [-0.2, 0) is 10.8 Å². The minimum absolute atomic E-state index is 0.0496. The molecule has 1 aliphatic rings. The van der Waals surface area contributed by atoms with E-state index in [1.807, 2.05) is 18.2 Å². The summed E-state index contributed by atoms with van der Waals surface area (Å²) in [5.74, 6) is 1.88. The molecular formula is C29H39BrN2O2. The number of likely N-dealkylation sites (tertiary alicyclic amines) is 1. The molecule has 4 nitrogen and oxygen atoms in total. The van der Waals surface area contributed by atoms with Crippen LogP contribution in [0.25, 0.3) is 0 Å². The summed E-state index contributed by atoms with van der Waals surface area (Å²) in [5.41, 5.74) is 3.01. The van der Waals surface area contributed by atoms with Crippen molar-refractivity contribution in [2.45, 2.75) is 78.1 Å². The van der Waals surface area contributed by atoms with E-state index in [9.17, 15) is 9.90 Å². The van der Waals surface area contributed by atoms with E-state index < -0.39 is 0 Å². The van der Waals surface area contributed by atoms with Crippen molar-refractivity contribution in [3.8, 4) is 5.75 Å². The first-order valence-electron chi connectivity index (χ1n) is 12.3. The quantitative estimate of drug-likeness (QED) is 0.399. The summed E-state index contributed by atoms with van der Waals surface area (Å²) >= 11 is 3.36. The number of ketones is 1. The van der Waals surface area contributed by atoms with Crippen LogP contribution in [0, 0.1) is 5.92 Å². The van der Waals surface area contributed by atoms with E-state index in [1.54, 1.807) is 0 Å². The molecule has 0 unspecified atom stereocenters. The lowest BCUT2D eigenvalue weighted by Gasteiger charge is -2.28. The van der Waals surface area contributed by atoms with Crippen LogP contribution in [0.1, 0.15) is 94.3 Å². The summed E-state index contributed by atoms with van der Waals surface area (Å²) in [6.45, 7) is 15.6. The zero-order chi connectivity index (χ0) is 25.3. The molecule has 0 amide bonds. The number of benzene rings is 2. The van der Waals surface area contributed by atoms with E-state index in [-0.39, 0.29) is 29.1 Å². The maximum atomic E-state index is 13.6. The van der Waals surface area contributed by atoms with Gasteiger partial charge in [-0.2, -0.15) is 4.02 Å². The van der Waals surface area contributed by atoms with Gasteiger partial charge in [-0.3, -0.25) is 4.79 Å². The number of carbonyl (C=O) groups is 1. The van der Waals surface area contributed by atoms with Crippen LogP contribution in [0.3, 0.4) is 0 Å². The largest absolute Gasteiger partial charge is 0.507 e. The summed E-state index contributed by atoms with van der Waals surface area (Å²) in [6, 6.07) is 14.3. The van der Waals surface area contributed by atoms with E-state index in [2.05, 4.69) is 97.8 Å². The number of phenols is 1. The lowest BCUT2D eigenvalue weighted by Crippen LogP contribution is -2.33. The summed E-state index contributed by atoms with van der Waals surface area (Å²) in [4.78, 5) is 15.8. The van der Waals surface area contributed by atoms with Gasteiger partial charge in [-0.05, 0) is 34.9 Å². The number of nitrogens with zero attached hydrogens (tertiary/aromatic N) is 2. The van der Waals surface area contributed by atoms with Gasteiger partial charge in [0.15, 0.2) is 5.78 Å². The van der Waals surface area contributed by atoms with Crippen molar-refractivity contribution in [1.82, 2.24) is 4.90 Å². The number of rotatable bonds is 6. The second-order valence-corrected chi connectivity index (χ2v) is 11.9. The number of aromatic hydroxyl groups is 1. The van der Waals surface area contributed by atoms with Gasteiger partial charge in [-0.25, -0.2) is 0 Å². The highest BCUT2D eigenvalue weighted by Crippen LogP contribution is 2.41. The first kappa shape index (κ1) is 26.5. The maximum Gasteiger partial charge on any atom is 0.182 e. The van der Waals surface area contributed by atoms with E-state index in [1.165, 1.54) is 5.56 Å². The van der Waals surface area contributed by atoms with E-state index >= 15 is 0 Å². The van der Waals surface area contributed by atoms with Crippen molar-refractivity contribution in [3.63, 3.8) is 0 Å². The van der Waals surface area contributed by atoms with Gasteiger partial charge in [0.25, 0.3) is 0 Å². The molecule has 1 saturated heterocycles. The van der Waals surface area contributed by atoms with Crippen molar-refractivity contribution >= 4 is 27.8 Å². The molecule has 1 heterocycles. The minimum atomic E-state index is -0.277. The molecule has 2 aromatic carbocycles. The van der Waals surface area contributed by atoms with Crippen LogP contribution < -0.4 is 0 Å². The summed E-state index contributed by atoms with van der Waals surface area (Å²) in [5, 5.41) is 11.0. The number of hydrogen-bond acceptors (Lipinski definition) is 3. The van der Waals surface area contributed by atoms with Gasteiger partial charge in [0, 0.05) is 35.1 Å². The fraction of sp³-hybridized carbons (Fsp3) is 0.517. The van der Waals surface area contributed by atoms with Gasteiger partial charge in [-0.15, -0.1) is 0 Å². The van der Waals surface area contributed by atoms with Gasteiger partial charge >= 0.3 is 0 Å². The van der Waals surface area contributed by atoms with Crippen molar-refractivity contribution in [2.24, 2.45) is 9.94 Å². The Labute approximate surface area is 213 Å². The average Bonchev–Trinajstić information content (AvgIpc) is 3.09. The number of carbonyl (C=O) groups excluding carboxylic acids is 1. The number of Topliss-reactive ketones (excluding diaryl/α,β-unsaturated/α-hetero) is 1. The van der Waals surface area contributed by atoms with Gasteiger partial charge < -0.3 is 10.0 Å². The highest BCUT2D eigenvalue weighted by atomic mass is 79.9. The van der Waals surface area contributed by atoms with Crippen molar-refractivity contribution in [3.05, 3.63) is 64.7 Å². The van der Waals surface area contributed by atoms with Crippen molar-refractivity contribution < 1.29 is 9.90 Å². The molecule has 34 heavy (non-hydrogen) atoms. The number of phenolic OH excluding ortho intramolecular Hbond substituents is 1. The van der Waals surface area contributed by atoms with Crippen molar-refractivity contribution in [2.75, 3.05) is 13.1 Å². The fourth-order valence-corrected chi connectivity index (χ4v) is 5.50. The zero-order valence-corrected chi connectivity index (χ0v) is 23.2. The molecule has 0 bridgehead atoms. The molecule has 2 aromatic rings. The Morgan fingerprint density at radius 1 is 1.06 bits per heavy atom. The van der Waals surface area contributed by atoms with Crippen LogP contribution in [0.5, 0.6) is 5.75 Å². The summed E-state index contributed by atoms with van der Waals surface area (Å²) < 4.78 is 4.48. The van der Waals surface area contributed by atoms with Gasteiger partial charge in [0.2, 0.25) is 0 Å². The van der Waals surface area contributed by atoms with Crippen LogP contribution in [-0.4, -0.2) is 34.7 Å². The van der Waals surface area contributed by atoms with Gasteiger partial charge in [0.1, 0.15) is 11.6 Å². The molecule has 0 aromatic heterocycles. The SMILES string of the molecule is CCC[C@H]1/C(=N/Br)N(CC(=O)c2cc(C(C)(C)C)c(O)c(C(C)(C)C)c2)C[C@@H]1c1ccccc1. The topological polar surface area (TPSA) is 52.9 Å². The first-order chi connectivity index (χ1) is 15.9. The lowest BCUT2D eigenvalue weighted by molar-refractivity contribution is 0.0965. The van der Waals surface area contributed by atoms with Crippen LogP contribution >= 0.6 is 16.1 Å². The zero-order valence-electron chi connectivity index (χ0n) is 21.7. The molecular weight excluding hydrogens is 488 g/mol. The third kappa shape index (κ3) is 5.56. The first-order valence-corrected chi connectivity index (χ1v) is 13.0. The highest BCUT2D eigenvalue weighted by molar-refractivity contribution is 9.08. The molecule has 0 saturated carbocycles. The predicted octanol–water partition coefficient (Wildman–Crippen LogP) is 7.39. The van der Waals surface area contributed by atoms with E-state index in [0.29, 0.717) is 17.2 Å². The number of hydrogen-bond donors (Lipinski definition) is 1. The molecule has 3 rings (SSSR count). The molecule has 1 aliphatic heterocycles. The standard InChI is InChI=1S/C29H39BrN2O2/c1-8-12-21-22(19-13-10-9-11-14-19)17-32(27(21)31-30)18-25(33)20-15-23(28(2,3)4)26(34)24(16-20)29(5,6)7/h9-11,13-16,21-22,34H,8,12,17-18H2,1-7H3/b31-27-/t21-,22-/m1/s1. The predicted molar refractivity (Wildman–Crippen MR) is 145 cm³/mol. The second-order valence-electron chi connectivity index (χ2n) is 11.6. The Bertz CT molecular complexity index is 1010. The molecule has 1 N–H and O–H groups in total. The average molecular weight is 528 g/mol. The molecule has 184 valence electrons. The molecule has 2 atom stereocenters. The summed E-state index contributed by atoms with van der Waals surface area (Å²) in [6.07, 6.45) is 2.08. The van der Waals surface area contributed by atoms with Crippen LogP contribution in [0.2, 0.25) is 0 Å². The number of amidine groups is 1. The lowest BCUT2D eigenvalue weighted by atomic mass is 9.78. The monoisotopic (exact) mass is 526 g/mol. The third-order valence-electron chi connectivity index (χ3n) is 6.85. The highest BCUT2D eigenvalue weighted by Gasteiger charge is 2.39. The fourth-order valence-electron chi connectivity index (χ4n) is 5.02. The summed E-state index contributed by atoms with van der Waals surface area (Å²) in [7, 11) is 0. The smallest absolute Gasteiger partial charge is 0.182 e. The van der Waals surface area contributed by atoms with Crippen LogP contribution in [0.15, 0.2) is 46.5 Å². The third-order valence-corrected chi connectivity index (χ3v) is 7.22. The second kappa shape index (κ2) is 10.2. The maximum absolute atomic E-state index is 13.6.